The van der Waals surface area contributed by atoms with Crippen molar-refractivity contribution in [2.45, 2.75) is 0 Å². The second-order valence-electron chi connectivity index (χ2n) is 3.82. The van der Waals surface area contributed by atoms with E-state index in [1.807, 2.05) is 24.3 Å². The average molecular weight is 239 g/mol. The summed E-state index contributed by atoms with van der Waals surface area (Å²) in [6, 6.07) is 7.46. The maximum absolute atomic E-state index is 11.1. The molecule has 5 nitrogen and oxygen atoms in total. The topological polar surface area (TPSA) is 77.6 Å². The first-order chi connectivity index (χ1) is 8.75. The number of oxime groups is 1. The standard InChI is InChI=1S/C13H9N3O2/c14-13(17)11-6-4-8-3-5-10-9(2-1-7-15-10)12(8)18-16-11/h1-7H,(H2,14,17). The number of nitrogens with two attached hydrogens (primary N) is 1. The van der Waals surface area contributed by atoms with Crippen molar-refractivity contribution in [1.82, 2.24) is 4.98 Å². The molecule has 2 aromatic rings. The first-order valence-electron chi connectivity index (χ1n) is 5.36. The molecule has 18 heavy (non-hydrogen) atoms. The van der Waals surface area contributed by atoms with E-state index in [-0.39, 0.29) is 5.71 Å². The zero-order chi connectivity index (χ0) is 12.5. The number of fused-ring (bicyclic) bond motifs is 3. The lowest BCUT2D eigenvalue weighted by Gasteiger charge is -2.05. The average Bonchev–Trinajstić information content (AvgIpc) is 2.61. The number of benzene rings is 1. The van der Waals surface area contributed by atoms with E-state index in [9.17, 15) is 4.79 Å². The summed E-state index contributed by atoms with van der Waals surface area (Å²) >= 11 is 0. The van der Waals surface area contributed by atoms with Gasteiger partial charge in [0, 0.05) is 17.1 Å². The number of primary amides is 1. The second-order valence-corrected chi connectivity index (χ2v) is 3.82. The molecule has 3 rings (SSSR count). The van der Waals surface area contributed by atoms with E-state index < -0.39 is 5.91 Å². The summed E-state index contributed by atoms with van der Waals surface area (Å²) in [7, 11) is 0. The molecule has 0 saturated heterocycles. The zero-order valence-corrected chi connectivity index (χ0v) is 9.33. The van der Waals surface area contributed by atoms with Crippen LogP contribution in [0.1, 0.15) is 5.56 Å². The molecular weight excluding hydrogens is 230 g/mol. The number of nitrogens with zero attached hydrogens (tertiary/aromatic N) is 2. The number of aromatic nitrogens is 1. The van der Waals surface area contributed by atoms with E-state index in [4.69, 9.17) is 10.6 Å². The minimum Gasteiger partial charge on any atom is -0.364 e. The van der Waals surface area contributed by atoms with Gasteiger partial charge in [-0.25, -0.2) is 0 Å². The van der Waals surface area contributed by atoms with Crippen LogP contribution in [0.4, 0.5) is 0 Å². The molecular formula is C13H9N3O2. The van der Waals surface area contributed by atoms with Gasteiger partial charge in [0.05, 0.1) is 5.52 Å². The van der Waals surface area contributed by atoms with Crippen LogP contribution in [0, 0.1) is 0 Å². The molecule has 0 radical (unpaired) electrons. The summed E-state index contributed by atoms with van der Waals surface area (Å²) in [5, 5.41) is 4.58. The van der Waals surface area contributed by atoms with Crippen LogP contribution >= 0.6 is 0 Å². The predicted molar refractivity (Wildman–Crippen MR) is 68.0 cm³/mol. The highest BCUT2D eigenvalue weighted by Crippen LogP contribution is 2.31. The van der Waals surface area contributed by atoms with Crippen molar-refractivity contribution < 1.29 is 9.63 Å². The fourth-order valence-electron chi connectivity index (χ4n) is 1.80. The maximum atomic E-state index is 11.1. The van der Waals surface area contributed by atoms with Gasteiger partial charge in [0.25, 0.3) is 5.91 Å². The number of hydrogen-bond donors (Lipinski definition) is 1. The molecule has 1 aromatic carbocycles. The third-order valence-corrected chi connectivity index (χ3v) is 2.67. The van der Waals surface area contributed by atoms with Crippen LogP contribution in [0.3, 0.4) is 0 Å². The molecule has 0 bridgehead atoms. The Kier molecular flexibility index (Phi) is 2.30. The highest BCUT2D eigenvalue weighted by Gasteiger charge is 2.13. The first kappa shape index (κ1) is 10.5. The Labute approximate surface area is 103 Å². The van der Waals surface area contributed by atoms with Crippen LogP contribution in [0.15, 0.2) is 41.7 Å². The largest absolute Gasteiger partial charge is 0.364 e. The van der Waals surface area contributed by atoms with Crippen LogP contribution in [0.2, 0.25) is 0 Å². The minimum atomic E-state index is -0.624. The van der Waals surface area contributed by atoms with E-state index in [2.05, 4.69) is 10.1 Å². The van der Waals surface area contributed by atoms with Crippen molar-refractivity contribution in [1.29, 1.82) is 0 Å². The molecule has 1 amide bonds. The molecule has 88 valence electrons. The lowest BCUT2D eigenvalue weighted by molar-refractivity contribution is -0.112. The minimum absolute atomic E-state index is 0.0863. The van der Waals surface area contributed by atoms with Crippen molar-refractivity contribution in [3.05, 3.63) is 42.1 Å². The van der Waals surface area contributed by atoms with E-state index in [1.165, 1.54) is 6.08 Å². The molecule has 2 heterocycles. The number of amides is 1. The van der Waals surface area contributed by atoms with Gasteiger partial charge in [0.1, 0.15) is 0 Å². The van der Waals surface area contributed by atoms with Crippen LogP contribution in [-0.2, 0) is 4.79 Å². The molecule has 0 saturated carbocycles. The van der Waals surface area contributed by atoms with Gasteiger partial charge in [0.2, 0.25) is 0 Å². The zero-order valence-electron chi connectivity index (χ0n) is 9.33. The molecule has 1 aliphatic rings. The molecule has 1 aromatic heterocycles. The van der Waals surface area contributed by atoms with Gasteiger partial charge in [-0.05, 0) is 36.4 Å². The van der Waals surface area contributed by atoms with Crippen LogP contribution < -0.4 is 10.6 Å². The van der Waals surface area contributed by atoms with Crippen LogP contribution in [-0.4, -0.2) is 16.6 Å². The van der Waals surface area contributed by atoms with Crippen molar-refractivity contribution in [3.63, 3.8) is 0 Å². The Morgan fingerprint density at radius 2 is 2.11 bits per heavy atom. The van der Waals surface area contributed by atoms with Gasteiger partial charge in [-0.2, -0.15) is 0 Å². The smallest absolute Gasteiger partial charge is 0.270 e. The first-order valence-corrected chi connectivity index (χ1v) is 5.36. The number of carbonyl (C=O) groups is 1. The van der Waals surface area contributed by atoms with Crippen LogP contribution in [0.25, 0.3) is 17.0 Å². The Hall–Kier alpha value is -2.69. The van der Waals surface area contributed by atoms with Crippen molar-refractivity contribution >= 4 is 28.6 Å². The maximum Gasteiger partial charge on any atom is 0.270 e. The van der Waals surface area contributed by atoms with E-state index in [1.54, 1.807) is 12.3 Å². The van der Waals surface area contributed by atoms with Gasteiger partial charge in [0.15, 0.2) is 11.5 Å². The molecule has 0 fully saturated rings. The Morgan fingerprint density at radius 1 is 1.22 bits per heavy atom. The summed E-state index contributed by atoms with van der Waals surface area (Å²) in [4.78, 5) is 20.6. The van der Waals surface area contributed by atoms with Crippen molar-refractivity contribution in [2.24, 2.45) is 10.9 Å². The fraction of sp³-hybridized carbons (Fsp3) is 0. The number of rotatable bonds is 1. The molecule has 2 N–H and O–H groups in total. The Morgan fingerprint density at radius 3 is 2.94 bits per heavy atom. The van der Waals surface area contributed by atoms with E-state index >= 15 is 0 Å². The summed E-state index contributed by atoms with van der Waals surface area (Å²) < 4.78 is 0. The number of hydrogen-bond acceptors (Lipinski definition) is 4. The summed E-state index contributed by atoms with van der Waals surface area (Å²) in [6.45, 7) is 0. The SMILES string of the molecule is NC(=O)C1=NOc2c(ccc3ncccc23)C=C1. The van der Waals surface area contributed by atoms with Crippen LogP contribution in [0.5, 0.6) is 5.75 Å². The summed E-state index contributed by atoms with van der Waals surface area (Å²) in [5.41, 5.74) is 6.89. The third-order valence-electron chi connectivity index (χ3n) is 2.67. The Bertz CT molecular complexity index is 704. The lowest BCUT2D eigenvalue weighted by Crippen LogP contribution is -2.21. The van der Waals surface area contributed by atoms with Gasteiger partial charge in [-0.1, -0.05) is 5.16 Å². The Balaban J connectivity index is 2.21. The quantitative estimate of drug-likeness (QED) is 0.818. The van der Waals surface area contributed by atoms with Crippen molar-refractivity contribution in [2.75, 3.05) is 0 Å². The van der Waals surface area contributed by atoms with E-state index in [0.29, 0.717) is 5.75 Å². The summed E-state index contributed by atoms with van der Waals surface area (Å²) in [5.74, 6) is -0.0467. The molecule has 0 aliphatic carbocycles. The lowest BCUT2D eigenvalue weighted by atomic mass is 10.1. The van der Waals surface area contributed by atoms with Gasteiger partial charge in [-0.3, -0.25) is 9.78 Å². The summed E-state index contributed by atoms with van der Waals surface area (Å²) in [6.07, 6.45) is 4.99. The second kappa shape index (κ2) is 3.96. The van der Waals surface area contributed by atoms with Gasteiger partial charge in [-0.15, -0.1) is 0 Å². The molecule has 0 atom stereocenters. The highest BCUT2D eigenvalue weighted by atomic mass is 16.6. The number of pyridine rings is 1. The molecule has 1 aliphatic heterocycles. The van der Waals surface area contributed by atoms with Gasteiger partial charge >= 0.3 is 0 Å². The highest BCUT2D eigenvalue weighted by molar-refractivity contribution is 6.43. The molecule has 0 spiro atoms. The molecule has 0 unspecified atom stereocenters. The fourth-order valence-corrected chi connectivity index (χ4v) is 1.80. The predicted octanol–water partition coefficient (Wildman–Crippen LogP) is 1.48. The number of carbonyl (C=O) groups excluding carboxylic acids is 1. The third kappa shape index (κ3) is 1.62. The molecule has 5 heteroatoms. The monoisotopic (exact) mass is 239 g/mol. The van der Waals surface area contributed by atoms with Crippen molar-refractivity contribution in [3.8, 4) is 5.75 Å². The van der Waals surface area contributed by atoms with E-state index in [0.717, 1.165) is 16.5 Å². The normalized spacial score (nSPS) is 13.4. The van der Waals surface area contributed by atoms with Gasteiger partial charge < -0.3 is 10.6 Å².